The smallest absolute Gasteiger partial charge is 0.309 e. The number of aliphatic carboxylic acids is 1. The summed E-state index contributed by atoms with van der Waals surface area (Å²) >= 11 is 0. The van der Waals surface area contributed by atoms with Crippen molar-refractivity contribution in [3.63, 3.8) is 0 Å². The molecular weight excluding hydrogens is 476 g/mol. The Balaban J connectivity index is 1.44. The van der Waals surface area contributed by atoms with Gasteiger partial charge in [-0.25, -0.2) is 0 Å². The van der Waals surface area contributed by atoms with Gasteiger partial charge >= 0.3 is 5.97 Å². The van der Waals surface area contributed by atoms with Crippen LogP contribution in [-0.2, 0) is 9.53 Å². The average molecular weight is 531 g/mol. The van der Waals surface area contributed by atoms with Crippen molar-refractivity contribution in [2.45, 2.75) is 131 Å². The largest absolute Gasteiger partial charge is 0.481 e. The Morgan fingerprint density at radius 2 is 1.47 bits per heavy atom. The summed E-state index contributed by atoms with van der Waals surface area (Å²) in [5, 5.41) is 33.3. The lowest BCUT2D eigenvalue weighted by atomic mass is 9.27. The molecule has 2 bridgehead atoms. The maximum atomic E-state index is 12.4. The fourth-order valence-corrected chi connectivity index (χ4v) is 13.1. The standard InChI is InChI=1S/C33H54O5/c1-7-8-23-31-10-9-22-28(4)14-13-26(2)11-12-27(3,25(35)36)19-24(26)29(28,5)15-16-30(22,6)32(31,20-34)17-18-33(23,37)38-21-31/h22-24,34,37H,7-21H2,1-6H3,(H,35,36). The molecule has 5 aliphatic carbocycles. The van der Waals surface area contributed by atoms with Gasteiger partial charge in [0.2, 0.25) is 0 Å². The zero-order chi connectivity index (χ0) is 27.6. The average Bonchev–Trinajstić information content (AvgIpc) is 3.06. The molecule has 11 atom stereocenters. The maximum absolute atomic E-state index is 12.4. The Bertz CT molecular complexity index is 1010. The van der Waals surface area contributed by atoms with Gasteiger partial charge in [-0.3, -0.25) is 4.79 Å². The van der Waals surface area contributed by atoms with Crippen LogP contribution in [0, 0.1) is 55.7 Å². The second kappa shape index (κ2) is 8.00. The molecule has 1 aliphatic heterocycles. The summed E-state index contributed by atoms with van der Waals surface area (Å²) in [7, 11) is 0. The Morgan fingerprint density at radius 3 is 2.13 bits per heavy atom. The lowest BCUT2D eigenvalue weighted by Gasteiger charge is -2.77. The molecule has 3 N–H and O–H groups in total. The Hall–Kier alpha value is -0.650. The second-order valence-corrected chi connectivity index (χ2v) is 16.5. The van der Waals surface area contributed by atoms with E-state index in [1.165, 1.54) is 12.8 Å². The lowest BCUT2D eigenvalue weighted by Crippen LogP contribution is -2.73. The topological polar surface area (TPSA) is 87.0 Å². The Kier molecular flexibility index (Phi) is 5.79. The number of fused-ring (bicyclic) bond motifs is 7. The summed E-state index contributed by atoms with van der Waals surface area (Å²) < 4.78 is 6.31. The molecule has 38 heavy (non-hydrogen) atoms. The molecule has 0 aromatic rings. The van der Waals surface area contributed by atoms with Gasteiger partial charge in [0, 0.05) is 29.8 Å². The van der Waals surface area contributed by atoms with Gasteiger partial charge in [0.15, 0.2) is 5.79 Å². The normalized spacial score (nSPS) is 59.3. The van der Waals surface area contributed by atoms with Gasteiger partial charge in [-0.15, -0.1) is 0 Å². The van der Waals surface area contributed by atoms with Crippen LogP contribution in [0.3, 0.4) is 0 Å². The van der Waals surface area contributed by atoms with Gasteiger partial charge in [-0.05, 0) is 111 Å². The minimum Gasteiger partial charge on any atom is -0.481 e. The van der Waals surface area contributed by atoms with E-state index in [1.807, 2.05) is 6.92 Å². The van der Waals surface area contributed by atoms with Crippen LogP contribution >= 0.6 is 0 Å². The molecule has 6 rings (SSSR count). The predicted octanol–water partition coefficient (Wildman–Crippen LogP) is 6.79. The van der Waals surface area contributed by atoms with Crippen LogP contribution < -0.4 is 0 Å². The number of hydrogen-bond acceptors (Lipinski definition) is 4. The molecule has 6 fully saturated rings. The van der Waals surface area contributed by atoms with E-state index in [1.54, 1.807) is 0 Å². The van der Waals surface area contributed by atoms with Gasteiger partial charge in [0.05, 0.1) is 12.0 Å². The highest BCUT2D eigenvalue weighted by Gasteiger charge is 2.79. The van der Waals surface area contributed by atoms with Crippen molar-refractivity contribution in [2.75, 3.05) is 13.2 Å². The van der Waals surface area contributed by atoms with Crippen molar-refractivity contribution >= 4 is 5.97 Å². The first-order valence-electron chi connectivity index (χ1n) is 15.9. The second-order valence-electron chi connectivity index (χ2n) is 16.5. The van der Waals surface area contributed by atoms with Crippen LogP contribution in [0.2, 0.25) is 0 Å². The molecule has 0 amide bonds. The molecular formula is C33H54O5. The first-order valence-corrected chi connectivity index (χ1v) is 15.9. The predicted molar refractivity (Wildman–Crippen MR) is 147 cm³/mol. The van der Waals surface area contributed by atoms with Crippen LogP contribution in [0.25, 0.3) is 0 Å². The summed E-state index contributed by atoms with van der Waals surface area (Å²) in [5.41, 5.74) is -0.626. The zero-order valence-corrected chi connectivity index (χ0v) is 25.0. The summed E-state index contributed by atoms with van der Waals surface area (Å²) in [6, 6.07) is 0. The number of carbonyl (C=O) groups is 1. The fourth-order valence-electron chi connectivity index (χ4n) is 13.1. The highest BCUT2D eigenvalue weighted by atomic mass is 16.6. The molecule has 5 heteroatoms. The molecule has 11 unspecified atom stereocenters. The highest BCUT2D eigenvalue weighted by molar-refractivity contribution is 5.74. The SMILES string of the molecule is CCCC1C2(O)CCC3(CO)C4(C)CCC5(C)C6CC(C)(C(=O)O)CCC6(C)CCC5(C)C4CCC13CO2. The summed E-state index contributed by atoms with van der Waals surface area (Å²) in [5.74, 6) is -0.644. The van der Waals surface area contributed by atoms with Gasteiger partial charge in [-0.2, -0.15) is 0 Å². The number of aliphatic hydroxyl groups excluding tert-OH is 1. The highest BCUT2D eigenvalue weighted by Crippen LogP contribution is 2.82. The third-order valence-corrected chi connectivity index (χ3v) is 15.7. The van der Waals surface area contributed by atoms with E-state index in [2.05, 4.69) is 34.6 Å². The molecule has 5 saturated carbocycles. The molecule has 5 nitrogen and oxygen atoms in total. The van der Waals surface area contributed by atoms with Gasteiger partial charge in [0.25, 0.3) is 0 Å². The van der Waals surface area contributed by atoms with Crippen molar-refractivity contribution in [2.24, 2.45) is 55.7 Å². The maximum Gasteiger partial charge on any atom is 0.309 e. The van der Waals surface area contributed by atoms with E-state index < -0.39 is 17.2 Å². The number of rotatable bonds is 4. The number of hydrogen-bond donors (Lipinski definition) is 3. The molecule has 1 spiro atoms. The van der Waals surface area contributed by atoms with Crippen molar-refractivity contribution in [3.05, 3.63) is 0 Å². The van der Waals surface area contributed by atoms with Gasteiger partial charge in [0.1, 0.15) is 0 Å². The van der Waals surface area contributed by atoms with Crippen molar-refractivity contribution in [1.82, 2.24) is 0 Å². The van der Waals surface area contributed by atoms with E-state index >= 15 is 0 Å². The molecule has 0 aromatic carbocycles. The van der Waals surface area contributed by atoms with Gasteiger partial charge < -0.3 is 20.1 Å². The van der Waals surface area contributed by atoms with Crippen molar-refractivity contribution in [3.8, 4) is 0 Å². The first-order chi connectivity index (χ1) is 17.7. The third-order valence-electron chi connectivity index (χ3n) is 15.7. The van der Waals surface area contributed by atoms with E-state index in [9.17, 15) is 20.1 Å². The van der Waals surface area contributed by atoms with E-state index in [0.717, 1.165) is 64.2 Å². The third kappa shape index (κ3) is 2.88. The number of carboxylic acid groups (broad SMARTS) is 1. The summed E-state index contributed by atoms with van der Waals surface area (Å²) in [6.07, 6.45) is 12.8. The molecule has 1 heterocycles. The van der Waals surface area contributed by atoms with Crippen LogP contribution in [0.15, 0.2) is 0 Å². The van der Waals surface area contributed by atoms with Gasteiger partial charge in [-0.1, -0.05) is 41.0 Å². The van der Waals surface area contributed by atoms with Crippen molar-refractivity contribution < 1.29 is 24.9 Å². The van der Waals surface area contributed by atoms with Crippen LogP contribution in [0.1, 0.15) is 125 Å². The molecule has 0 radical (unpaired) electrons. The monoisotopic (exact) mass is 530 g/mol. The van der Waals surface area contributed by atoms with Crippen LogP contribution in [0.5, 0.6) is 0 Å². The van der Waals surface area contributed by atoms with E-state index in [4.69, 9.17) is 4.74 Å². The van der Waals surface area contributed by atoms with E-state index in [0.29, 0.717) is 24.9 Å². The number of ether oxygens (including phenoxy) is 1. The van der Waals surface area contributed by atoms with E-state index in [-0.39, 0.29) is 45.0 Å². The summed E-state index contributed by atoms with van der Waals surface area (Å²) in [4.78, 5) is 12.4. The zero-order valence-electron chi connectivity index (χ0n) is 25.0. The van der Waals surface area contributed by atoms with Crippen LogP contribution in [0.4, 0.5) is 0 Å². The quantitative estimate of drug-likeness (QED) is 0.372. The molecule has 6 aliphatic rings. The first kappa shape index (κ1) is 27.5. The Morgan fingerprint density at radius 1 is 0.842 bits per heavy atom. The summed E-state index contributed by atoms with van der Waals surface area (Å²) in [6.45, 7) is 15.1. The lowest BCUT2D eigenvalue weighted by molar-refractivity contribution is -0.308. The van der Waals surface area contributed by atoms with Crippen molar-refractivity contribution in [1.29, 1.82) is 0 Å². The Labute approximate surface area is 230 Å². The minimum atomic E-state index is -1.03. The fraction of sp³-hybridized carbons (Fsp3) is 0.970. The molecule has 1 saturated heterocycles. The van der Waals surface area contributed by atoms with Crippen LogP contribution in [-0.4, -0.2) is 40.3 Å². The number of carboxylic acids is 1. The molecule has 0 aromatic heterocycles. The number of aliphatic hydroxyl groups is 2. The minimum absolute atomic E-state index is 0.0200. The molecule has 216 valence electrons.